The molecular formula is C16H18N4O3S. The van der Waals surface area contributed by atoms with Gasteiger partial charge in [-0.1, -0.05) is 0 Å². The van der Waals surface area contributed by atoms with Crippen LogP contribution in [-0.2, 0) is 17.6 Å². The molecule has 1 saturated heterocycles. The van der Waals surface area contributed by atoms with Gasteiger partial charge in [0.05, 0.1) is 30.5 Å². The Hall–Kier alpha value is -2.06. The molecule has 1 fully saturated rings. The van der Waals surface area contributed by atoms with E-state index in [1.54, 1.807) is 17.0 Å². The number of aryl methyl sites for hydroxylation is 2. The molecule has 126 valence electrons. The number of fused-ring (bicyclic) bond motifs is 1. The highest BCUT2D eigenvalue weighted by molar-refractivity contribution is 7.07. The molecule has 24 heavy (non-hydrogen) atoms. The maximum Gasteiger partial charge on any atom is 0.271 e. The number of hydrogen-bond donors (Lipinski definition) is 1. The zero-order valence-electron chi connectivity index (χ0n) is 13.1. The van der Waals surface area contributed by atoms with Gasteiger partial charge >= 0.3 is 0 Å². The normalized spacial score (nSPS) is 23.0. The average molecular weight is 346 g/mol. The first-order valence-corrected chi connectivity index (χ1v) is 9.05. The van der Waals surface area contributed by atoms with Crippen molar-refractivity contribution >= 4 is 17.2 Å². The van der Waals surface area contributed by atoms with E-state index in [4.69, 9.17) is 4.74 Å². The fourth-order valence-corrected chi connectivity index (χ4v) is 3.84. The van der Waals surface area contributed by atoms with E-state index >= 15 is 0 Å². The molecule has 1 N–H and O–H groups in total. The van der Waals surface area contributed by atoms with Crippen LogP contribution in [0.25, 0.3) is 0 Å². The predicted molar refractivity (Wildman–Crippen MR) is 88.4 cm³/mol. The van der Waals surface area contributed by atoms with Crippen molar-refractivity contribution in [2.75, 3.05) is 13.2 Å². The zero-order valence-corrected chi connectivity index (χ0v) is 13.9. The lowest BCUT2D eigenvalue weighted by Gasteiger charge is -2.22. The Kier molecular flexibility index (Phi) is 4.15. The summed E-state index contributed by atoms with van der Waals surface area (Å²) < 4.78 is 7.00. The number of nitrogens with one attached hydrogen (secondary N) is 1. The molecular weight excluding hydrogens is 328 g/mol. The van der Waals surface area contributed by atoms with Gasteiger partial charge in [0.2, 0.25) is 0 Å². The molecule has 1 aliphatic heterocycles. The standard InChI is InChI=1S/C16H18N4O3S/c21-15-5-10-3-1-2-4-11(10)19-20(15)14-7-23-6-12(14)18-16(22)13-8-24-9-17-13/h5,8-9,12,14H,1-4,6-7H2,(H,18,22). The molecule has 2 unspecified atom stereocenters. The number of hydrogen-bond acceptors (Lipinski definition) is 6. The van der Waals surface area contributed by atoms with Crippen molar-refractivity contribution in [2.24, 2.45) is 0 Å². The molecule has 0 bridgehead atoms. The summed E-state index contributed by atoms with van der Waals surface area (Å²) in [5.41, 5.74) is 3.94. The Balaban J connectivity index is 1.58. The third-order valence-electron chi connectivity index (χ3n) is 4.58. The van der Waals surface area contributed by atoms with Gasteiger partial charge in [0.1, 0.15) is 11.7 Å². The van der Waals surface area contributed by atoms with Crippen LogP contribution in [0.3, 0.4) is 0 Å². The Bertz CT molecular complexity index is 802. The summed E-state index contributed by atoms with van der Waals surface area (Å²) >= 11 is 1.37. The molecule has 2 aromatic rings. The van der Waals surface area contributed by atoms with Crippen molar-refractivity contribution in [3.63, 3.8) is 0 Å². The number of amides is 1. The Labute approximate surface area is 142 Å². The lowest BCUT2D eigenvalue weighted by atomic mass is 9.97. The zero-order chi connectivity index (χ0) is 16.5. The molecule has 0 radical (unpaired) electrons. The van der Waals surface area contributed by atoms with E-state index in [1.165, 1.54) is 16.0 Å². The third-order valence-corrected chi connectivity index (χ3v) is 5.16. The maximum absolute atomic E-state index is 12.5. The van der Waals surface area contributed by atoms with Crippen LogP contribution < -0.4 is 10.9 Å². The van der Waals surface area contributed by atoms with Crippen molar-refractivity contribution in [1.29, 1.82) is 0 Å². The van der Waals surface area contributed by atoms with E-state index in [1.807, 2.05) is 0 Å². The molecule has 0 spiro atoms. The van der Waals surface area contributed by atoms with Crippen molar-refractivity contribution in [1.82, 2.24) is 20.1 Å². The van der Waals surface area contributed by atoms with Gasteiger partial charge in [0.15, 0.2) is 0 Å². The summed E-state index contributed by atoms with van der Waals surface area (Å²) in [5.74, 6) is -0.247. The molecule has 2 aliphatic rings. The van der Waals surface area contributed by atoms with Crippen LogP contribution in [0.4, 0.5) is 0 Å². The van der Waals surface area contributed by atoms with E-state index in [-0.39, 0.29) is 23.6 Å². The minimum Gasteiger partial charge on any atom is -0.377 e. The van der Waals surface area contributed by atoms with E-state index in [0.717, 1.165) is 36.9 Å². The van der Waals surface area contributed by atoms with Gasteiger partial charge in [0.25, 0.3) is 11.5 Å². The summed E-state index contributed by atoms with van der Waals surface area (Å²) in [6, 6.07) is 1.12. The number of carbonyl (C=O) groups is 1. The highest BCUT2D eigenvalue weighted by atomic mass is 32.1. The molecule has 2 atom stereocenters. The van der Waals surface area contributed by atoms with Gasteiger partial charge in [-0.05, 0) is 31.2 Å². The van der Waals surface area contributed by atoms with Crippen molar-refractivity contribution in [2.45, 2.75) is 37.8 Å². The topological polar surface area (TPSA) is 86.1 Å². The number of thiazole rings is 1. The van der Waals surface area contributed by atoms with Gasteiger partial charge in [-0.3, -0.25) is 9.59 Å². The molecule has 4 rings (SSSR count). The smallest absolute Gasteiger partial charge is 0.271 e. The Morgan fingerprint density at radius 1 is 1.33 bits per heavy atom. The first-order valence-electron chi connectivity index (χ1n) is 8.11. The first-order chi connectivity index (χ1) is 11.7. The molecule has 1 amide bonds. The SMILES string of the molecule is O=C(NC1COCC1n1nc2c(cc1=O)CCCC2)c1cscn1. The van der Waals surface area contributed by atoms with Gasteiger partial charge in [-0.2, -0.15) is 5.10 Å². The van der Waals surface area contributed by atoms with Gasteiger partial charge in [-0.25, -0.2) is 9.67 Å². The predicted octanol–water partition coefficient (Wildman–Crippen LogP) is 0.948. The lowest BCUT2D eigenvalue weighted by Crippen LogP contribution is -2.44. The van der Waals surface area contributed by atoms with Crippen LogP contribution in [0, 0.1) is 0 Å². The van der Waals surface area contributed by atoms with Gasteiger partial charge in [-0.15, -0.1) is 11.3 Å². The van der Waals surface area contributed by atoms with E-state index in [2.05, 4.69) is 15.4 Å². The van der Waals surface area contributed by atoms with Gasteiger partial charge < -0.3 is 10.1 Å². The Morgan fingerprint density at radius 2 is 2.21 bits per heavy atom. The van der Waals surface area contributed by atoms with Crippen molar-refractivity contribution in [3.05, 3.63) is 44.3 Å². The van der Waals surface area contributed by atoms with Crippen LogP contribution in [0.15, 0.2) is 21.8 Å². The second-order valence-electron chi connectivity index (χ2n) is 6.16. The first kappa shape index (κ1) is 15.5. The van der Waals surface area contributed by atoms with Crippen LogP contribution >= 0.6 is 11.3 Å². The average Bonchev–Trinajstić information content (AvgIpc) is 3.26. The number of ether oxygens (including phenoxy) is 1. The van der Waals surface area contributed by atoms with Crippen LogP contribution in [0.2, 0.25) is 0 Å². The van der Waals surface area contributed by atoms with Crippen LogP contribution in [0.1, 0.15) is 40.6 Å². The number of carbonyl (C=O) groups excluding carboxylic acids is 1. The monoisotopic (exact) mass is 346 g/mol. The highest BCUT2D eigenvalue weighted by Gasteiger charge is 2.33. The largest absolute Gasteiger partial charge is 0.377 e. The minimum absolute atomic E-state index is 0.126. The molecule has 3 heterocycles. The summed E-state index contributed by atoms with van der Waals surface area (Å²) in [4.78, 5) is 28.7. The molecule has 0 aromatic carbocycles. The van der Waals surface area contributed by atoms with Crippen LogP contribution in [0.5, 0.6) is 0 Å². The number of rotatable bonds is 3. The van der Waals surface area contributed by atoms with Crippen molar-refractivity contribution < 1.29 is 9.53 Å². The molecule has 8 heteroatoms. The Morgan fingerprint density at radius 3 is 3.04 bits per heavy atom. The summed E-state index contributed by atoms with van der Waals surface area (Å²) in [7, 11) is 0. The number of aromatic nitrogens is 3. The molecule has 2 aromatic heterocycles. The molecule has 7 nitrogen and oxygen atoms in total. The quantitative estimate of drug-likeness (QED) is 0.894. The molecule has 0 saturated carbocycles. The lowest BCUT2D eigenvalue weighted by molar-refractivity contribution is 0.0920. The molecule has 1 aliphatic carbocycles. The van der Waals surface area contributed by atoms with E-state index in [9.17, 15) is 9.59 Å². The summed E-state index contributed by atoms with van der Waals surface area (Å²) in [6.45, 7) is 0.736. The minimum atomic E-state index is -0.286. The fraction of sp³-hybridized carbons (Fsp3) is 0.500. The third kappa shape index (κ3) is 2.87. The van der Waals surface area contributed by atoms with Crippen LogP contribution in [-0.4, -0.2) is 39.9 Å². The maximum atomic E-state index is 12.5. The summed E-state index contributed by atoms with van der Waals surface area (Å²) in [6.07, 6.45) is 4.03. The van der Waals surface area contributed by atoms with E-state index < -0.39 is 0 Å². The second-order valence-corrected chi connectivity index (χ2v) is 6.88. The summed E-state index contributed by atoms with van der Waals surface area (Å²) in [5, 5.41) is 9.19. The second kappa shape index (κ2) is 6.45. The van der Waals surface area contributed by atoms with E-state index in [0.29, 0.717) is 18.9 Å². The van der Waals surface area contributed by atoms with Crippen molar-refractivity contribution in [3.8, 4) is 0 Å². The fourth-order valence-electron chi connectivity index (χ4n) is 3.30. The van der Waals surface area contributed by atoms with Gasteiger partial charge in [0, 0.05) is 11.4 Å². The highest BCUT2D eigenvalue weighted by Crippen LogP contribution is 2.21. The number of nitrogens with zero attached hydrogens (tertiary/aromatic N) is 3.